The molecule has 1 atom stereocenters. The van der Waals surface area contributed by atoms with Crippen molar-refractivity contribution in [2.45, 2.75) is 25.6 Å². The van der Waals surface area contributed by atoms with E-state index in [1.807, 2.05) is 0 Å². The molecule has 17 heavy (non-hydrogen) atoms. The molecule has 1 rings (SSSR count). The topological polar surface area (TPSA) is 68.0 Å². The van der Waals surface area contributed by atoms with E-state index in [4.69, 9.17) is 5.73 Å². The first-order chi connectivity index (χ1) is 7.79. The highest BCUT2D eigenvalue weighted by Gasteiger charge is 2.30. The van der Waals surface area contributed by atoms with Crippen LogP contribution in [-0.4, -0.2) is 23.1 Å². The van der Waals surface area contributed by atoms with E-state index < -0.39 is 24.5 Å². The summed E-state index contributed by atoms with van der Waals surface area (Å²) in [7, 11) is 0. The maximum absolute atomic E-state index is 12.1. The summed E-state index contributed by atoms with van der Waals surface area (Å²) in [6, 6.07) is 2.00. The largest absolute Gasteiger partial charge is 0.391 e. The average Bonchev–Trinajstić information content (AvgIpc) is 2.14. The van der Waals surface area contributed by atoms with Crippen LogP contribution < -0.4 is 11.1 Å². The highest BCUT2D eigenvalue weighted by Crippen LogP contribution is 2.23. The third kappa shape index (κ3) is 4.29. The third-order valence-electron chi connectivity index (χ3n) is 1.99. The van der Waals surface area contributed by atoms with Crippen molar-refractivity contribution < 1.29 is 18.0 Å². The van der Waals surface area contributed by atoms with E-state index in [9.17, 15) is 18.0 Å². The summed E-state index contributed by atoms with van der Waals surface area (Å²) in [5.41, 5.74) is 5.15. The Kier molecular flexibility index (Phi) is 3.93. The van der Waals surface area contributed by atoms with Crippen molar-refractivity contribution in [3.8, 4) is 0 Å². The number of aromatic nitrogens is 1. The molecule has 0 aliphatic heterocycles. The first-order valence-electron chi connectivity index (χ1n) is 4.87. The van der Waals surface area contributed by atoms with Crippen molar-refractivity contribution in [1.82, 2.24) is 4.98 Å². The van der Waals surface area contributed by atoms with Crippen LogP contribution in [0.25, 0.3) is 0 Å². The van der Waals surface area contributed by atoms with E-state index in [2.05, 4.69) is 10.3 Å². The summed E-state index contributed by atoms with van der Waals surface area (Å²) in [6.07, 6.45) is -3.91. The van der Waals surface area contributed by atoms with E-state index in [0.29, 0.717) is 0 Å². The van der Waals surface area contributed by atoms with E-state index in [0.717, 1.165) is 0 Å². The Morgan fingerprint density at radius 1 is 1.59 bits per heavy atom. The Morgan fingerprint density at radius 3 is 2.76 bits per heavy atom. The molecular weight excluding hydrogens is 235 g/mol. The Hall–Kier alpha value is -1.79. The van der Waals surface area contributed by atoms with Gasteiger partial charge in [0.05, 0.1) is 12.0 Å². The molecule has 0 fully saturated rings. The van der Waals surface area contributed by atoms with Crippen LogP contribution >= 0.6 is 0 Å². The van der Waals surface area contributed by atoms with E-state index in [1.54, 1.807) is 0 Å². The predicted molar refractivity (Wildman–Crippen MR) is 56.5 cm³/mol. The number of alkyl halides is 3. The van der Waals surface area contributed by atoms with Crippen LogP contribution in [0.1, 0.15) is 23.7 Å². The number of halogens is 3. The van der Waals surface area contributed by atoms with Gasteiger partial charge in [0, 0.05) is 12.2 Å². The highest BCUT2D eigenvalue weighted by molar-refractivity contribution is 5.97. The Labute approximate surface area is 96.0 Å². The number of primary amides is 1. The normalized spacial score (nSPS) is 13.2. The van der Waals surface area contributed by atoms with Crippen LogP contribution in [0.3, 0.4) is 0 Å². The molecule has 1 amide bonds. The number of nitrogens with zero attached hydrogens (tertiary/aromatic N) is 1. The number of hydrogen-bond acceptors (Lipinski definition) is 3. The predicted octanol–water partition coefficient (Wildman–Crippen LogP) is 1.93. The van der Waals surface area contributed by atoms with Crippen LogP contribution in [0.15, 0.2) is 18.3 Å². The number of amides is 1. The Balaban J connectivity index is 2.78. The van der Waals surface area contributed by atoms with Crippen molar-refractivity contribution in [1.29, 1.82) is 0 Å². The second-order valence-corrected chi connectivity index (χ2v) is 3.63. The maximum Gasteiger partial charge on any atom is 0.391 e. The summed E-state index contributed by atoms with van der Waals surface area (Å²) in [5, 5.41) is 2.52. The quantitative estimate of drug-likeness (QED) is 0.854. The van der Waals surface area contributed by atoms with Crippen molar-refractivity contribution in [2.24, 2.45) is 5.73 Å². The van der Waals surface area contributed by atoms with Crippen LogP contribution in [0.5, 0.6) is 0 Å². The molecule has 0 aromatic carbocycles. The van der Waals surface area contributed by atoms with E-state index >= 15 is 0 Å². The molecule has 0 bridgehead atoms. The Morgan fingerprint density at radius 2 is 2.24 bits per heavy atom. The zero-order valence-electron chi connectivity index (χ0n) is 9.08. The number of nitrogens with two attached hydrogens (primary N) is 1. The second kappa shape index (κ2) is 5.03. The summed E-state index contributed by atoms with van der Waals surface area (Å²) < 4.78 is 36.3. The first kappa shape index (κ1) is 13.3. The number of rotatable bonds is 4. The molecule has 0 spiro atoms. The molecule has 1 aromatic heterocycles. The van der Waals surface area contributed by atoms with Crippen molar-refractivity contribution in [3.05, 3.63) is 23.9 Å². The van der Waals surface area contributed by atoms with Crippen LogP contribution in [-0.2, 0) is 0 Å². The lowest BCUT2D eigenvalue weighted by Crippen LogP contribution is -2.26. The van der Waals surface area contributed by atoms with Gasteiger partial charge in [0.15, 0.2) is 0 Å². The fourth-order valence-electron chi connectivity index (χ4n) is 1.35. The van der Waals surface area contributed by atoms with Crippen molar-refractivity contribution in [3.63, 3.8) is 0 Å². The van der Waals surface area contributed by atoms with Gasteiger partial charge in [-0.15, -0.1) is 0 Å². The standard InChI is InChI=1S/C10H12F3N3O/c1-6(5-10(11,12)13)16-9-7(8(14)17)3-2-4-15-9/h2-4,6H,5H2,1H3,(H2,14,17)(H,15,16). The van der Waals surface area contributed by atoms with Gasteiger partial charge < -0.3 is 11.1 Å². The minimum absolute atomic E-state index is 0.0664. The van der Waals surface area contributed by atoms with Gasteiger partial charge in [0.25, 0.3) is 5.91 Å². The number of pyridine rings is 1. The minimum Gasteiger partial charge on any atom is -0.367 e. The zero-order chi connectivity index (χ0) is 13.1. The van der Waals surface area contributed by atoms with E-state index in [-0.39, 0.29) is 11.4 Å². The van der Waals surface area contributed by atoms with E-state index in [1.165, 1.54) is 25.3 Å². The van der Waals surface area contributed by atoms with Gasteiger partial charge in [0.1, 0.15) is 5.82 Å². The lowest BCUT2D eigenvalue weighted by Gasteiger charge is -2.17. The molecule has 0 saturated carbocycles. The molecule has 7 heteroatoms. The highest BCUT2D eigenvalue weighted by atomic mass is 19.4. The van der Waals surface area contributed by atoms with Gasteiger partial charge in [-0.3, -0.25) is 4.79 Å². The molecule has 1 unspecified atom stereocenters. The molecule has 0 radical (unpaired) electrons. The first-order valence-corrected chi connectivity index (χ1v) is 4.87. The number of hydrogen-bond donors (Lipinski definition) is 2. The van der Waals surface area contributed by atoms with Gasteiger partial charge in [0.2, 0.25) is 0 Å². The lowest BCUT2D eigenvalue weighted by atomic mass is 10.2. The van der Waals surface area contributed by atoms with Crippen LogP contribution in [0.2, 0.25) is 0 Å². The SMILES string of the molecule is CC(CC(F)(F)F)Nc1ncccc1C(N)=O. The molecule has 4 nitrogen and oxygen atoms in total. The van der Waals surface area contributed by atoms with Crippen molar-refractivity contribution >= 4 is 11.7 Å². The molecule has 3 N–H and O–H groups in total. The van der Waals surface area contributed by atoms with Crippen LogP contribution in [0.4, 0.5) is 19.0 Å². The third-order valence-corrected chi connectivity index (χ3v) is 1.99. The van der Waals surface area contributed by atoms with Gasteiger partial charge in [-0.1, -0.05) is 0 Å². The van der Waals surface area contributed by atoms with Gasteiger partial charge >= 0.3 is 6.18 Å². The molecule has 0 aliphatic rings. The molecule has 94 valence electrons. The number of carbonyl (C=O) groups is 1. The Bertz CT molecular complexity index is 406. The number of nitrogens with one attached hydrogen (secondary N) is 1. The van der Waals surface area contributed by atoms with Gasteiger partial charge in [-0.25, -0.2) is 4.98 Å². The number of anilines is 1. The summed E-state index contributed by atoms with van der Waals surface area (Å²) >= 11 is 0. The molecule has 1 heterocycles. The average molecular weight is 247 g/mol. The molecule has 0 saturated heterocycles. The summed E-state index contributed by atoms with van der Waals surface area (Å²) in [4.78, 5) is 14.8. The fraction of sp³-hybridized carbons (Fsp3) is 0.400. The number of carbonyl (C=O) groups excluding carboxylic acids is 1. The second-order valence-electron chi connectivity index (χ2n) is 3.63. The maximum atomic E-state index is 12.1. The van der Waals surface area contributed by atoms with Crippen LogP contribution in [0, 0.1) is 0 Å². The lowest BCUT2D eigenvalue weighted by molar-refractivity contribution is -0.136. The monoisotopic (exact) mass is 247 g/mol. The fourth-order valence-corrected chi connectivity index (χ4v) is 1.35. The molecule has 0 aliphatic carbocycles. The molecule has 1 aromatic rings. The minimum atomic E-state index is -4.27. The van der Waals surface area contributed by atoms with Gasteiger partial charge in [-0.05, 0) is 19.1 Å². The van der Waals surface area contributed by atoms with Gasteiger partial charge in [-0.2, -0.15) is 13.2 Å². The zero-order valence-corrected chi connectivity index (χ0v) is 9.08. The summed E-state index contributed by atoms with van der Waals surface area (Å²) in [6.45, 7) is 1.35. The molecular formula is C10H12F3N3O. The van der Waals surface area contributed by atoms with Crippen molar-refractivity contribution in [2.75, 3.05) is 5.32 Å². The summed E-state index contributed by atoms with van der Waals surface area (Å²) in [5.74, 6) is -0.670. The smallest absolute Gasteiger partial charge is 0.367 e.